The zero-order valence-electron chi connectivity index (χ0n) is 11.4. The Bertz CT molecular complexity index is 583. The van der Waals surface area contributed by atoms with Crippen LogP contribution >= 0.6 is 0 Å². The third kappa shape index (κ3) is 4.67. The Morgan fingerprint density at radius 3 is 2.74 bits per heavy atom. The number of nitrogens with one attached hydrogen (secondary N) is 1. The summed E-state index contributed by atoms with van der Waals surface area (Å²) in [6.07, 6.45) is 1.77. The highest BCUT2D eigenvalue weighted by atomic mass is 32.2. The number of nitrogens with two attached hydrogens (primary N) is 1. The van der Waals surface area contributed by atoms with E-state index in [-0.39, 0.29) is 11.4 Å². The average Bonchev–Trinajstić information content (AvgIpc) is 2.37. The van der Waals surface area contributed by atoms with Gasteiger partial charge in [-0.1, -0.05) is 31.3 Å². The molecule has 0 fully saturated rings. The summed E-state index contributed by atoms with van der Waals surface area (Å²) in [6, 6.07) is 5.14. The highest BCUT2D eigenvalue weighted by Gasteiger charge is 2.16. The highest BCUT2D eigenvalue weighted by molar-refractivity contribution is 7.89. The van der Waals surface area contributed by atoms with Crippen LogP contribution in [0, 0.1) is 18.8 Å². The number of unbranched alkanes of at least 4 members (excludes halogenated alkanes) is 1. The first kappa shape index (κ1) is 15.7. The lowest BCUT2D eigenvalue weighted by molar-refractivity contribution is 0.577. The van der Waals surface area contributed by atoms with Crippen LogP contribution in [0.4, 0.5) is 0 Å². The zero-order valence-corrected chi connectivity index (χ0v) is 12.2. The maximum atomic E-state index is 12.2. The topological polar surface area (TPSA) is 72.2 Å². The molecule has 0 aliphatic heterocycles. The van der Waals surface area contributed by atoms with Crippen LogP contribution in [0.5, 0.6) is 0 Å². The molecule has 19 heavy (non-hydrogen) atoms. The number of hydrogen-bond acceptors (Lipinski definition) is 3. The third-order valence-corrected chi connectivity index (χ3v) is 4.24. The van der Waals surface area contributed by atoms with Crippen LogP contribution in [0.3, 0.4) is 0 Å². The van der Waals surface area contributed by atoms with E-state index in [1.807, 2.05) is 6.92 Å². The second-order valence-electron chi connectivity index (χ2n) is 4.24. The van der Waals surface area contributed by atoms with Crippen LogP contribution in [0.25, 0.3) is 0 Å². The summed E-state index contributed by atoms with van der Waals surface area (Å²) in [5.74, 6) is 5.56. The number of rotatable bonds is 5. The standard InChI is InChI=1S/C14H20N2O2S/c1-3-4-10-16-19(17,18)14-11-13(6-5-9-15)8-7-12(14)2/h7-8,11,16H,3-4,9-10,15H2,1-2H3. The average molecular weight is 280 g/mol. The molecule has 0 atom stereocenters. The van der Waals surface area contributed by atoms with E-state index < -0.39 is 10.0 Å². The van der Waals surface area contributed by atoms with E-state index in [1.165, 1.54) is 0 Å². The summed E-state index contributed by atoms with van der Waals surface area (Å²) in [7, 11) is -3.46. The van der Waals surface area contributed by atoms with Gasteiger partial charge in [0.25, 0.3) is 0 Å². The third-order valence-electron chi connectivity index (χ3n) is 2.63. The van der Waals surface area contributed by atoms with Crippen molar-refractivity contribution in [2.45, 2.75) is 31.6 Å². The lowest BCUT2D eigenvalue weighted by atomic mass is 10.1. The molecule has 1 aromatic rings. The first-order valence-electron chi connectivity index (χ1n) is 6.30. The molecule has 0 aliphatic carbocycles. The van der Waals surface area contributed by atoms with E-state index >= 15 is 0 Å². The van der Waals surface area contributed by atoms with Gasteiger partial charge in [-0.05, 0) is 31.0 Å². The molecular formula is C14H20N2O2S. The van der Waals surface area contributed by atoms with Crippen LogP contribution in [-0.2, 0) is 10.0 Å². The molecule has 0 aliphatic rings. The first-order chi connectivity index (χ1) is 9.01. The van der Waals surface area contributed by atoms with Crippen LogP contribution in [0.2, 0.25) is 0 Å². The molecule has 3 N–H and O–H groups in total. The monoisotopic (exact) mass is 280 g/mol. The molecule has 0 unspecified atom stereocenters. The van der Waals surface area contributed by atoms with E-state index in [0.29, 0.717) is 17.7 Å². The largest absolute Gasteiger partial charge is 0.320 e. The normalized spacial score (nSPS) is 10.9. The van der Waals surface area contributed by atoms with Gasteiger partial charge in [-0.2, -0.15) is 0 Å². The van der Waals surface area contributed by atoms with Crippen molar-refractivity contribution in [3.05, 3.63) is 29.3 Å². The molecule has 5 heteroatoms. The quantitative estimate of drug-likeness (QED) is 0.632. The lowest BCUT2D eigenvalue weighted by Gasteiger charge is -2.09. The molecule has 104 valence electrons. The van der Waals surface area contributed by atoms with Gasteiger partial charge < -0.3 is 5.73 Å². The van der Waals surface area contributed by atoms with Crippen molar-refractivity contribution in [3.8, 4) is 11.8 Å². The fraction of sp³-hybridized carbons (Fsp3) is 0.429. The number of aryl methyl sites for hydroxylation is 1. The van der Waals surface area contributed by atoms with Crippen molar-refractivity contribution in [3.63, 3.8) is 0 Å². The maximum absolute atomic E-state index is 12.2. The van der Waals surface area contributed by atoms with Crippen molar-refractivity contribution in [2.24, 2.45) is 5.73 Å². The predicted octanol–water partition coefficient (Wildman–Crippen LogP) is 1.38. The van der Waals surface area contributed by atoms with Crippen LogP contribution in [0.15, 0.2) is 23.1 Å². The summed E-state index contributed by atoms with van der Waals surface area (Å²) < 4.78 is 26.9. The van der Waals surface area contributed by atoms with Crippen molar-refractivity contribution < 1.29 is 8.42 Å². The zero-order chi connectivity index (χ0) is 14.3. The summed E-state index contributed by atoms with van der Waals surface area (Å²) in [5, 5.41) is 0. The minimum absolute atomic E-state index is 0.255. The van der Waals surface area contributed by atoms with E-state index in [2.05, 4.69) is 16.6 Å². The number of benzene rings is 1. The van der Waals surface area contributed by atoms with Crippen LogP contribution < -0.4 is 10.5 Å². The van der Waals surface area contributed by atoms with Gasteiger partial charge in [0, 0.05) is 12.1 Å². The van der Waals surface area contributed by atoms with Gasteiger partial charge in [-0.15, -0.1) is 0 Å². The molecule has 0 amide bonds. The second kappa shape index (κ2) is 7.29. The number of hydrogen-bond donors (Lipinski definition) is 2. The maximum Gasteiger partial charge on any atom is 0.240 e. The van der Waals surface area contributed by atoms with Crippen LogP contribution in [-0.4, -0.2) is 21.5 Å². The number of sulfonamides is 1. The van der Waals surface area contributed by atoms with Crippen molar-refractivity contribution in [2.75, 3.05) is 13.1 Å². The van der Waals surface area contributed by atoms with Gasteiger partial charge in [0.2, 0.25) is 10.0 Å². The van der Waals surface area contributed by atoms with Crippen molar-refractivity contribution in [1.29, 1.82) is 0 Å². The molecule has 0 saturated heterocycles. The Morgan fingerprint density at radius 1 is 1.37 bits per heavy atom. The molecule has 0 aromatic heterocycles. The fourth-order valence-corrected chi connectivity index (χ4v) is 2.92. The van der Waals surface area contributed by atoms with Crippen molar-refractivity contribution >= 4 is 10.0 Å². The Kier molecular flexibility index (Phi) is 6.03. The van der Waals surface area contributed by atoms with Gasteiger partial charge >= 0.3 is 0 Å². The summed E-state index contributed by atoms with van der Waals surface area (Å²) in [4.78, 5) is 0.285. The van der Waals surface area contributed by atoms with Gasteiger partial charge in [0.15, 0.2) is 0 Å². The SMILES string of the molecule is CCCCNS(=O)(=O)c1cc(C#CCN)ccc1C. The molecule has 1 rings (SSSR count). The lowest BCUT2D eigenvalue weighted by Crippen LogP contribution is -2.25. The van der Waals surface area contributed by atoms with E-state index in [9.17, 15) is 8.42 Å². The van der Waals surface area contributed by atoms with E-state index in [4.69, 9.17) is 5.73 Å². The van der Waals surface area contributed by atoms with Gasteiger partial charge in [-0.3, -0.25) is 0 Å². The highest BCUT2D eigenvalue weighted by Crippen LogP contribution is 2.16. The second-order valence-corrected chi connectivity index (χ2v) is 5.97. The Hall–Kier alpha value is -1.35. The van der Waals surface area contributed by atoms with Crippen LogP contribution in [0.1, 0.15) is 30.9 Å². The molecule has 0 radical (unpaired) electrons. The Balaban J connectivity index is 3.04. The van der Waals surface area contributed by atoms with E-state index in [1.54, 1.807) is 25.1 Å². The molecule has 0 saturated carbocycles. The Labute approximate surface area is 115 Å². The molecule has 0 bridgehead atoms. The minimum atomic E-state index is -3.46. The molecule has 1 aromatic carbocycles. The summed E-state index contributed by atoms with van der Waals surface area (Å²) in [6.45, 7) is 4.50. The molecular weight excluding hydrogens is 260 g/mol. The van der Waals surface area contributed by atoms with Gasteiger partial charge in [-0.25, -0.2) is 13.1 Å². The fourth-order valence-electron chi connectivity index (χ4n) is 1.58. The summed E-state index contributed by atoms with van der Waals surface area (Å²) >= 11 is 0. The van der Waals surface area contributed by atoms with E-state index in [0.717, 1.165) is 12.8 Å². The Morgan fingerprint density at radius 2 is 2.11 bits per heavy atom. The molecule has 0 spiro atoms. The van der Waals surface area contributed by atoms with Crippen molar-refractivity contribution in [1.82, 2.24) is 4.72 Å². The summed E-state index contributed by atoms with van der Waals surface area (Å²) in [5.41, 5.74) is 6.68. The first-order valence-corrected chi connectivity index (χ1v) is 7.79. The smallest absolute Gasteiger partial charge is 0.240 e. The predicted molar refractivity (Wildman–Crippen MR) is 77.2 cm³/mol. The van der Waals surface area contributed by atoms with Gasteiger partial charge in [0.05, 0.1) is 11.4 Å². The molecule has 4 nitrogen and oxygen atoms in total. The molecule has 0 heterocycles. The minimum Gasteiger partial charge on any atom is -0.320 e. The van der Waals surface area contributed by atoms with Gasteiger partial charge in [0.1, 0.15) is 0 Å².